The minimum absolute atomic E-state index is 0.261. The summed E-state index contributed by atoms with van der Waals surface area (Å²) in [4.78, 5) is 2.11. The van der Waals surface area contributed by atoms with E-state index in [4.69, 9.17) is 0 Å². The van der Waals surface area contributed by atoms with Gasteiger partial charge in [-0.1, -0.05) is 12.1 Å². The fourth-order valence-corrected chi connectivity index (χ4v) is 1.95. The molecule has 1 saturated heterocycles. The van der Waals surface area contributed by atoms with Crippen LogP contribution in [0.25, 0.3) is 0 Å². The Morgan fingerprint density at radius 3 is 2.44 bits per heavy atom. The fourth-order valence-electron chi connectivity index (χ4n) is 1.95. The van der Waals surface area contributed by atoms with Crippen molar-refractivity contribution in [1.29, 1.82) is 5.26 Å². The number of hydrogen-bond donors (Lipinski definition) is 1. The Morgan fingerprint density at radius 2 is 1.88 bits per heavy atom. The molecule has 0 amide bonds. The highest BCUT2D eigenvalue weighted by molar-refractivity contribution is 5.24. The molecule has 0 bridgehead atoms. The number of halogens is 1. The molecule has 1 N–H and O–H groups in total. The minimum Gasteiger partial charge on any atom is -0.314 e. The Morgan fingerprint density at radius 1 is 1.25 bits per heavy atom. The van der Waals surface area contributed by atoms with E-state index in [1.54, 1.807) is 12.1 Å². The van der Waals surface area contributed by atoms with Gasteiger partial charge in [0.25, 0.3) is 0 Å². The van der Waals surface area contributed by atoms with Crippen LogP contribution in [0.1, 0.15) is 11.6 Å². The van der Waals surface area contributed by atoms with Crippen LogP contribution in [0, 0.1) is 17.1 Å². The molecule has 0 aliphatic carbocycles. The van der Waals surface area contributed by atoms with Crippen molar-refractivity contribution in [3.05, 3.63) is 35.6 Å². The van der Waals surface area contributed by atoms with Crippen molar-refractivity contribution < 1.29 is 4.39 Å². The molecule has 1 atom stereocenters. The number of piperazine rings is 1. The first-order chi connectivity index (χ1) is 7.81. The van der Waals surface area contributed by atoms with Crippen molar-refractivity contribution in [2.75, 3.05) is 26.2 Å². The summed E-state index contributed by atoms with van der Waals surface area (Å²) in [6.07, 6.45) is 0. The topological polar surface area (TPSA) is 39.1 Å². The van der Waals surface area contributed by atoms with Gasteiger partial charge in [0.1, 0.15) is 11.9 Å². The van der Waals surface area contributed by atoms with E-state index >= 15 is 0 Å². The zero-order valence-electron chi connectivity index (χ0n) is 8.99. The van der Waals surface area contributed by atoms with E-state index in [1.807, 2.05) is 0 Å². The highest BCUT2D eigenvalue weighted by Gasteiger charge is 2.21. The van der Waals surface area contributed by atoms with Gasteiger partial charge in [0.05, 0.1) is 6.07 Å². The Balaban J connectivity index is 2.15. The van der Waals surface area contributed by atoms with E-state index in [1.165, 1.54) is 12.1 Å². The van der Waals surface area contributed by atoms with E-state index in [0.29, 0.717) is 0 Å². The van der Waals surface area contributed by atoms with Crippen LogP contribution in [0.3, 0.4) is 0 Å². The van der Waals surface area contributed by atoms with Crippen LogP contribution < -0.4 is 5.32 Å². The molecule has 1 aromatic carbocycles. The van der Waals surface area contributed by atoms with Gasteiger partial charge in [-0.25, -0.2) is 4.39 Å². The van der Waals surface area contributed by atoms with Crippen LogP contribution >= 0.6 is 0 Å². The number of nitriles is 1. The first-order valence-corrected chi connectivity index (χ1v) is 5.41. The summed E-state index contributed by atoms with van der Waals surface area (Å²) in [5.41, 5.74) is 0.866. The van der Waals surface area contributed by atoms with Crippen LogP contribution in [0.2, 0.25) is 0 Å². The lowest BCUT2D eigenvalue weighted by Crippen LogP contribution is -2.44. The van der Waals surface area contributed by atoms with Crippen LogP contribution in [0.5, 0.6) is 0 Å². The smallest absolute Gasteiger partial charge is 0.123 e. The minimum atomic E-state index is -0.263. The van der Waals surface area contributed by atoms with Crippen LogP contribution in [0.15, 0.2) is 24.3 Å². The Labute approximate surface area is 94.5 Å². The maximum Gasteiger partial charge on any atom is 0.123 e. The number of benzene rings is 1. The zero-order chi connectivity index (χ0) is 11.4. The third kappa shape index (κ3) is 2.38. The zero-order valence-corrected chi connectivity index (χ0v) is 8.99. The lowest BCUT2D eigenvalue weighted by Gasteiger charge is -2.31. The summed E-state index contributed by atoms with van der Waals surface area (Å²) in [6.45, 7) is 3.52. The fraction of sp³-hybridized carbons (Fsp3) is 0.417. The van der Waals surface area contributed by atoms with Crippen molar-refractivity contribution in [3.8, 4) is 6.07 Å². The summed E-state index contributed by atoms with van der Waals surface area (Å²) in [5.74, 6) is -0.263. The molecule has 84 valence electrons. The monoisotopic (exact) mass is 219 g/mol. The van der Waals surface area contributed by atoms with Gasteiger partial charge < -0.3 is 5.32 Å². The van der Waals surface area contributed by atoms with E-state index in [2.05, 4.69) is 16.3 Å². The van der Waals surface area contributed by atoms with E-state index in [0.717, 1.165) is 31.7 Å². The number of hydrogen-bond acceptors (Lipinski definition) is 3. The van der Waals surface area contributed by atoms with Gasteiger partial charge in [0.2, 0.25) is 0 Å². The Bertz CT molecular complexity index is 376. The lowest BCUT2D eigenvalue weighted by atomic mass is 10.1. The number of nitrogens with one attached hydrogen (secondary N) is 1. The van der Waals surface area contributed by atoms with Crippen LogP contribution in [-0.4, -0.2) is 31.1 Å². The highest BCUT2D eigenvalue weighted by Crippen LogP contribution is 2.20. The molecule has 1 heterocycles. The maximum atomic E-state index is 12.8. The third-order valence-corrected chi connectivity index (χ3v) is 2.82. The lowest BCUT2D eigenvalue weighted by molar-refractivity contribution is 0.207. The average Bonchev–Trinajstić information content (AvgIpc) is 2.34. The molecular weight excluding hydrogens is 205 g/mol. The summed E-state index contributed by atoms with van der Waals surface area (Å²) in [7, 11) is 0. The van der Waals surface area contributed by atoms with Gasteiger partial charge >= 0.3 is 0 Å². The second-order valence-corrected chi connectivity index (χ2v) is 3.87. The molecule has 3 nitrogen and oxygen atoms in total. The molecular formula is C12H14FN3. The average molecular weight is 219 g/mol. The van der Waals surface area contributed by atoms with Gasteiger partial charge in [-0.3, -0.25) is 4.90 Å². The van der Waals surface area contributed by atoms with Gasteiger partial charge in [-0.2, -0.15) is 5.26 Å². The highest BCUT2D eigenvalue weighted by atomic mass is 19.1. The summed E-state index contributed by atoms with van der Waals surface area (Å²) in [5, 5.41) is 12.4. The van der Waals surface area contributed by atoms with Gasteiger partial charge in [0, 0.05) is 26.2 Å². The Kier molecular flexibility index (Phi) is 3.50. The summed E-state index contributed by atoms with van der Waals surface area (Å²) < 4.78 is 12.8. The molecule has 0 spiro atoms. The first-order valence-electron chi connectivity index (χ1n) is 5.41. The quantitative estimate of drug-likeness (QED) is 0.814. The maximum absolute atomic E-state index is 12.8. The molecule has 0 radical (unpaired) electrons. The number of rotatable bonds is 2. The van der Waals surface area contributed by atoms with Crippen molar-refractivity contribution in [2.24, 2.45) is 0 Å². The second kappa shape index (κ2) is 5.06. The molecule has 1 aromatic rings. The van der Waals surface area contributed by atoms with Crippen molar-refractivity contribution in [2.45, 2.75) is 6.04 Å². The van der Waals surface area contributed by atoms with Gasteiger partial charge in [0.15, 0.2) is 0 Å². The second-order valence-electron chi connectivity index (χ2n) is 3.87. The predicted octanol–water partition coefficient (Wildman–Crippen LogP) is 1.30. The van der Waals surface area contributed by atoms with Gasteiger partial charge in [-0.05, 0) is 17.7 Å². The first kappa shape index (κ1) is 11.1. The SMILES string of the molecule is N#C[C@@H](c1ccc(F)cc1)N1CCNCC1. The summed E-state index contributed by atoms with van der Waals surface area (Å²) in [6, 6.07) is 8.20. The summed E-state index contributed by atoms with van der Waals surface area (Å²) >= 11 is 0. The molecule has 2 rings (SSSR count). The third-order valence-electron chi connectivity index (χ3n) is 2.82. The largest absolute Gasteiger partial charge is 0.314 e. The molecule has 1 fully saturated rings. The predicted molar refractivity (Wildman–Crippen MR) is 59.2 cm³/mol. The van der Waals surface area contributed by atoms with Crippen molar-refractivity contribution in [1.82, 2.24) is 10.2 Å². The standard InChI is InChI=1S/C12H14FN3/c13-11-3-1-10(2-4-11)12(9-14)16-7-5-15-6-8-16/h1-4,12,15H,5-8H2/t12-/m0/s1. The molecule has 16 heavy (non-hydrogen) atoms. The molecule has 1 aliphatic heterocycles. The molecule has 0 saturated carbocycles. The normalized spacial score (nSPS) is 19.0. The van der Waals surface area contributed by atoms with Crippen molar-refractivity contribution >= 4 is 0 Å². The van der Waals surface area contributed by atoms with E-state index in [-0.39, 0.29) is 11.9 Å². The molecule has 4 heteroatoms. The van der Waals surface area contributed by atoms with E-state index in [9.17, 15) is 9.65 Å². The van der Waals surface area contributed by atoms with Crippen molar-refractivity contribution in [3.63, 3.8) is 0 Å². The van der Waals surface area contributed by atoms with Crippen LogP contribution in [-0.2, 0) is 0 Å². The number of nitrogens with zero attached hydrogens (tertiary/aromatic N) is 2. The molecule has 1 aliphatic rings. The van der Waals surface area contributed by atoms with Crippen LogP contribution in [0.4, 0.5) is 4.39 Å². The molecule has 0 unspecified atom stereocenters. The van der Waals surface area contributed by atoms with E-state index < -0.39 is 0 Å². The molecule has 0 aromatic heterocycles. The van der Waals surface area contributed by atoms with Gasteiger partial charge in [-0.15, -0.1) is 0 Å². The Hall–Kier alpha value is -1.44.